The van der Waals surface area contributed by atoms with Crippen molar-refractivity contribution in [1.29, 1.82) is 0 Å². The van der Waals surface area contributed by atoms with Crippen LogP contribution in [0.1, 0.15) is 17.5 Å². The molecule has 0 atom stereocenters. The van der Waals surface area contributed by atoms with Gasteiger partial charge in [0, 0.05) is 18.8 Å². The molecular formula is C21H23F3N2O4. The molecule has 0 radical (unpaired) electrons. The van der Waals surface area contributed by atoms with Crippen LogP contribution in [-0.4, -0.2) is 39.6 Å². The minimum absolute atomic E-state index is 0.111. The molecule has 1 heterocycles. The monoisotopic (exact) mass is 424 g/mol. The molecule has 3 rings (SSSR count). The van der Waals surface area contributed by atoms with Crippen LogP contribution >= 0.6 is 0 Å². The van der Waals surface area contributed by atoms with E-state index in [1.54, 1.807) is 32.4 Å². The first kappa shape index (κ1) is 21.6. The van der Waals surface area contributed by atoms with Gasteiger partial charge in [-0.1, -0.05) is 6.07 Å². The van der Waals surface area contributed by atoms with E-state index in [9.17, 15) is 18.0 Å². The van der Waals surface area contributed by atoms with E-state index < -0.39 is 6.36 Å². The Bertz CT molecular complexity index is 902. The Morgan fingerprint density at radius 1 is 1.10 bits per heavy atom. The summed E-state index contributed by atoms with van der Waals surface area (Å²) in [7, 11) is 3.09. The van der Waals surface area contributed by atoms with Crippen molar-refractivity contribution in [2.75, 3.05) is 32.2 Å². The summed E-state index contributed by atoms with van der Waals surface area (Å²) in [5, 5.41) is 2.86. The van der Waals surface area contributed by atoms with Gasteiger partial charge in [0.05, 0.1) is 20.8 Å². The van der Waals surface area contributed by atoms with Gasteiger partial charge in [-0.05, 0) is 54.3 Å². The second-order valence-electron chi connectivity index (χ2n) is 6.83. The Balaban J connectivity index is 1.61. The smallest absolute Gasteiger partial charge is 0.493 e. The largest absolute Gasteiger partial charge is 0.573 e. The average molecular weight is 424 g/mol. The lowest BCUT2D eigenvalue weighted by Crippen LogP contribution is -2.39. The predicted octanol–water partition coefficient (Wildman–Crippen LogP) is 3.67. The van der Waals surface area contributed by atoms with Gasteiger partial charge in [0.2, 0.25) is 5.91 Å². The maximum absolute atomic E-state index is 12.4. The number of anilines is 1. The molecule has 0 bridgehead atoms. The quantitative estimate of drug-likeness (QED) is 0.735. The van der Waals surface area contributed by atoms with Crippen LogP contribution in [-0.2, 0) is 17.8 Å². The van der Waals surface area contributed by atoms with Gasteiger partial charge < -0.3 is 24.4 Å². The number of ether oxygens (including phenoxy) is 3. The van der Waals surface area contributed by atoms with Gasteiger partial charge >= 0.3 is 6.36 Å². The molecule has 1 aliphatic rings. The number of nitrogens with zero attached hydrogens (tertiary/aromatic N) is 1. The Hall–Kier alpha value is -3.10. The standard InChI is InChI=1S/C21H23F3N2O4/c1-28-18-8-5-14(10-19(18)29-2)12-25-20(27)13-26-9-3-4-15-11-16(6-7-17(15)26)30-21(22,23)24/h5-8,10-11H,3-4,9,12-13H2,1-2H3,(H,25,27). The molecular weight excluding hydrogens is 401 g/mol. The molecule has 2 aromatic rings. The molecule has 0 fully saturated rings. The average Bonchev–Trinajstić information content (AvgIpc) is 2.70. The van der Waals surface area contributed by atoms with Crippen LogP contribution in [0.4, 0.5) is 18.9 Å². The molecule has 1 amide bonds. The Labute approximate surface area is 172 Å². The van der Waals surface area contributed by atoms with Gasteiger partial charge in [-0.15, -0.1) is 13.2 Å². The summed E-state index contributed by atoms with van der Waals surface area (Å²) in [5.74, 6) is 0.742. The number of carbonyl (C=O) groups excluding carboxylic acids is 1. The van der Waals surface area contributed by atoms with Gasteiger partial charge in [-0.2, -0.15) is 0 Å². The van der Waals surface area contributed by atoms with E-state index in [2.05, 4.69) is 10.1 Å². The van der Waals surface area contributed by atoms with Crippen molar-refractivity contribution in [3.05, 3.63) is 47.5 Å². The second-order valence-corrected chi connectivity index (χ2v) is 6.83. The van der Waals surface area contributed by atoms with E-state index in [0.717, 1.165) is 23.2 Å². The zero-order valence-corrected chi connectivity index (χ0v) is 16.7. The van der Waals surface area contributed by atoms with Crippen LogP contribution in [0.5, 0.6) is 17.2 Å². The van der Waals surface area contributed by atoms with Gasteiger partial charge in [0.15, 0.2) is 11.5 Å². The first-order chi connectivity index (χ1) is 14.3. The van der Waals surface area contributed by atoms with E-state index in [0.29, 0.717) is 31.0 Å². The number of hydrogen-bond acceptors (Lipinski definition) is 5. The minimum Gasteiger partial charge on any atom is -0.493 e. The molecule has 0 unspecified atom stereocenters. The van der Waals surface area contributed by atoms with Gasteiger partial charge in [-0.25, -0.2) is 0 Å². The van der Waals surface area contributed by atoms with E-state index in [1.165, 1.54) is 12.1 Å². The van der Waals surface area contributed by atoms with Crippen molar-refractivity contribution >= 4 is 11.6 Å². The molecule has 0 saturated heterocycles. The fourth-order valence-electron chi connectivity index (χ4n) is 3.43. The number of halogens is 3. The zero-order valence-electron chi connectivity index (χ0n) is 16.7. The molecule has 2 aromatic carbocycles. The first-order valence-electron chi connectivity index (χ1n) is 9.40. The number of fused-ring (bicyclic) bond motifs is 1. The number of hydrogen-bond donors (Lipinski definition) is 1. The summed E-state index contributed by atoms with van der Waals surface area (Å²) >= 11 is 0. The molecule has 6 nitrogen and oxygen atoms in total. The van der Waals surface area contributed by atoms with Crippen LogP contribution < -0.4 is 24.4 Å². The lowest BCUT2D eigenvalue weighted by atomic mass is 10.0. The summed E-state index contributed by atoms with van der Waals surface area (Å²) in [6, 6.07) is 9.61. The number of rotatable bonds is 7. The summed E-state index contributed by atoms with van der Waals surface area (Å²) in [6.07, 6.45) is -3.35. The van der Waals surface area contributed by atoms with Crippen molar-refractivity contribution in [3.8, 4) is 17.2 Å². The lowest BCUT2D eigenvalue weighted by Gasteiger charge is -2.31. The molecule has 0 aromatic heterocycles. The highest BCUT2D eigenvalue weighted by molar-refractivity contribution is 5.82. The molecule has 0 spiro atoms. The number of methoxy groups -OCH3 is 2. The van der Waals surface area contributed by atoms with Crippen molar-refractivity contribution < 1.29 is 32.2 Å². The highest BCUT2D eigenvalue weighted by Gasteiger charge is 2.31. The molecule has 30 heavy (non-hydrogen) atoms. The normalized spacial score (nSPS) is 13.4. The van der Waals surface area contributed by atoms with E-state index in [4.69, 9.17) is 9.47 Å². The summed E-state index contributed by atoms with van der Waals surface area (Å²) in [4.78, 5) is 14.3. The van der Waals surface area contributed by atoms with Crippen LogP contribution in [0.25, 0.3) is 0 Å². The van der Waals surface area contributed by atoms with Crippen LogP contribution in [0, 0.1) is 0 Å². The molecule has 1 N–H and O–H groups in total. The van der Waals surface area contributed by atoms with E-state index in [1.807, 2.05) is 11.0 Å². The second kappa shape index (κ2) is 9.15. The third-order valence-corrected chi connectivity index (χ3v) is 4.77. The van der Waals surface area contributed by atoms with Gasteiger partial charge in [-0.3, -0.25) is 4.79 Å². The molecule has 1 aliphatic heterocycles. The Morgan fingerprint density at radius 3 is 2.57 bits per heavy atom. The summed E-state index contributed by atoms with van der Waals surface area (Å²) in [6.45, 7) is 1.08. The molecule has 162 valence electrons. The fraction of sp³-hybridized carbons (Fsp3) is 0.381. The Kier molecular flexibility index (Phi) is 6.59. The van der Waals surface area contributed by atoms with Crippen molar-refractivity contribution in [3.63, 3.8) is 0 Å². The third kappa shape index (κ3) is 5.49. The van der Waals surface area contributed by atoms with Crippen molar-refractivity contribution in [2.45, 2.75) is 25.7 Å². The van der Waals surface area contributed by atoms with E-state index in [-0.39, 0.29) is 18.2 Å². The number of nitrogens with one attached hydrogen (secondary N) is 1. The summed E-state index contributed by atoms with van der Waals surface area (Å²) in [5.41, 5.74) is 2.33. The number of amides is 1. The number of carbonyl (C=O) groups is 1. The van der Waals surface area contributed by atoms with Crippen molar-refractivity contribution in [2.24, 2.45) is 0 Å². The maximum atomic E-state index is 12.4. The molecule has 0 saturated carbocycles. The first-order valence-corrected chi connectivity index (χ1v) is 9.40. The SMILES string of the molecule is COc1ccc(CNC(=O)CN2CCCc3cc(OC(F)(F)F)ccc32)cc1OC. The van der Waals surface area contributed by atoms with Gasteiger partial charge in [0.1, 0.15) is 5.75 Å². The van der Waals surface area contributed by atoms with Crippen LogP contribution in [0.2, 0.25) is 0 Å². The minimum atomic E-state index is -4.73. The summed E-state index contributed by atoms with van der Waals surface area (Å²) < 4.78 is 51.8. The Morgan fingerprint density at radius 2 is 1.87 bits per heavy atom. The predicted molar refractivity (Wildman–Crippen MR) is 105 cm³/mol. The van der Waals surface area contributed by atoms with Gasteiger partial charge in [0.25, 0.3) is 0 Å². The van der Waals surface area contributed by atoms with Crippen molar-refractivity contribution in [1.82, 2.24) is 5.32 Å². The highest BCUT2D eigenvalue weighted by atomic mass is 19.4. The van der Waals surface area contributed by atoms with Crippen LogP contribution in [0.15, 0.2) is 36.4 Å². The number of alkyl halides is 3. The number of benzene rings is 2. The van der Waals surface area contributed by atoms with E-state index >= 15 is 0 Å². The highest BCUT2D eigenvalue weighted by Crippen LogP contribution is 2.32. The molecule has 0 aliphatic carbocycles. The van der Waals surface area contributed by atoms with Crippen LogP contribution in [0.3, 0.4) is 0 Å². The maximum Gasteiger partial charge on any atom is 0.573 e. The number of aryl methyl sites for hydroxylation is 1. The zero-order chi connectivity index (χ0) is 21.7. The topological polar surface area (TPSA) is 60.0 Å². The third-order valence-electron chi connectivity index (χ3n) is 4.77. The molecule has 9 heteroatoms. The fourth-order valence-corrected chi connectivity index (χ4v) is 3.43. The lowest BCUT2D eigenvalue weighted by molar-refractivity contribution is -0.274.